The number of aromatic nitrogens is 1. The lowest BCUT2D eigenvalue weighted by atomic mass is 10.0. The second kappa shape index (κ2) is 8.10. The summed E-state index contributed by atoms with van der Waals surface area (Å²) < 4.78 is 25.9. The molecule has 4 rings (SSSR count). The molecule has 2 heterocycles. The molecule has 1 saturated heterocycles. The molecule has 29 heavy (non-hydrogen) atoms. The number of pyridine rings is 1. The van der Waals surface area contributed by atoms with Crippen molar-refractivity contribution in [2.24, 2.45) is 0 Å². The Hall–Kier alpha value is -2.48. The van der Waals surface area contributed by atoms with Crippen LogP contribution in [0.1, 0.15) is 11.1 Å². The number of rotatable bonds is 5. The van der Waals surface area contributed by atoms with E-state index in [0.29, 0.717) is 27.9 Å². The van der Waals surface area contributed by atoms with Gasteiger partial charge in [-0.2, -0.15) is 0 Å². The molecule has 1 aliphatic heterocycles. The summed E-state index contributed by atoms with van der Waals surface area (Å²) in [7, 11) is -1.41. The Labute approximate surface area is 171 Å². The zero-order chi connectivity index (χ0) is 20.4. The van der Waals surface area contributed by atoms with Gasteiger partial charge in [0.2, 0.25) is 0 Å². The van der Waals surface area contributed by atoms with Crippen LogP contribution in [0.2, 0.25) is 0 Å². The SMILES string of the molecule is CN1CCN(Cc2cc(CS(=O)(=O)c3ccccc3)c3cccnc3c2O)CC1. The van der Waals surface area contributed by atoms with Crippen molar-refractivity contribution in [3.8, 4) is 5.75 Å². The predicted octanol–water partition coefficient (Wildman–Crippen LogP) is 2.66. The van der Waals surface area contributed by atoms with Gasteiger partial charge in [-0.05, 0) is 36.9 Å². The number of fused-ring (bicyclic) bond motifs is 1. The summed E-state index contributed by atoms with van der Waals surface area (Å²) in [6.45, 7) is 4.34. The fourth-order valence-electron chi connectivity index (χ4n) is 3.76. The van der Waals surface area contributed by atoms with Gasteiger partial charge in [-0.25, -0.2) is 8.42 Å². The van der Waals surface area contributed by atoms with Crippen molar-refractivity contribution in [2.75, 3.05) is 33.2 Å². The molecule has 0 atom stereocenters. The van der Waals surface area contributed by atoms with Crippen LogP contribution in [0.25, 0.3) is 10.9 Å². The van der Waals surface area contributed by atoms with Crippen molar-refractivity contribution in [1.82, 2.24) is 14.8 Å². The predicted molar refractivity (Wildman–Crippen MR) is 114 cm³/mol. The van der Waals surface area contributed by atoms with Crippen molar-refractivity contribution in [3.63, 3.8) is 0 Å². The van der Waals surface area contributed by atoms with Gasteiger partial charge in [-0.1, -0.05) is 24.3 Å². The molecule has 0 spiro atoms. The molecule has 0 aliphatic carbocycles. The first-order valence-electron chi connectivity index (χ1n) is 9.71. The van der Waals surface area contributed by atoms with Gasteiger partial charge in [0.05, 0.1) is 10.6 Å². The Balaban J connectivity index is 1.72. The zero-order valence-electron chi connectivity index (χ0n) is 16.5. The van der Waals surface area contributed by atoms with Crippen LogP contribution in [0.4, 0.5) is 0 Å². The molecule has 2 aromatic carbocycles. The van der Waals surface area contributed by atoms with Crippen LogP contribution in [0.15, 0.2) is 59.6 Å². The smallest absolute Gasteiger partial charge is 0.182 e. The lowest BCUT2D eigenvalue weighted by Gasteiger charge is -2.32. The first-order valence-corrected chi connectivity index (χ1v) is 11.4. The minimum atomic E-state index is -3.50. The molecular formula is C22H25N3O3S. The molecule has 7 heteroatoms. The highest BCUT2D eigenvalue weighted by molar-refractivity contribution is 7.90. The summed E-state index contributed by atoms with van der Waals surface area (Å²) in [5.41, 5.74) is 1.84. The quantitative estimate of drug-likeness (QED) is 0.696. The lowest BCUT2D eigenvalue weighted by Crippen LogP contribution is -2.43. The van der Waals surface area contributed by atoms with E-state index in [-0.39, 0.29) is 11.5 Å². The van der Waals surface area contributed by atoms with Crippen LogP contribution < -0.4 is 0 Å². The lowest BCUT2D eigenvalue weighted by molar-refractivity contribution is 0.147. The zero-order valence-corrected chi connectivity index (χ0v) is 17.3. The van der Waals surface area contributed by atoms with Gasteiger partial charge in [-0.15, -0.1) is 0 Å². The largest absolute Gasteiger partial charge is 0.505 e. The van der Waals surface area contributed by atoms with Crippen LogP contribution in [0, 0.1) is 0 Å². The second-order valence-corrected chi connectivity index (χ2v) is 9.58. The van der Waals surface area contributed by atoms with E-state index in [2.05, 4.69) is 21.8 Å². The average molecular weight is 412 g/mol. The molecule has 0 bridgehead atoms. The number of piperazine rings is 1. The van der Waals surface area contributed by atoms with Gasteiger partial charge in [0, 0.05) is 49.9 Å². The summed E-state index contributed by atoms with van der Waals surface area (Å²) >= 11 is 0. The third kappa shape index (κ3) is 4.27. The first-order chi connectivity index (χ1) is 13.9. The number of benzene rings is 2. The molecule has 0 radical (unpaired) electrons. The fraction of sp³-hybridized carbons (Fsp3) is 0.318. The average Bonchev–Trinajstić information content (AvgIpc) is 2.73. The minimum Gasteiger partial charge on any atom is -0.505 e. The summed E-state index contributed by atoms with van der Waals surface area (Å²) in [6, 6.07) is 13.9. The van der Waals surface area contributed by atoms with Gasteiger partial charge in [0.15, 0.2) is 9.84 Å². The molecule has 1 N–H and O–H groups in total. The van der Waals surface area contributed by atoms with Gasteiger partial charge in [0.25, 0.3) is 0 Å². The molecule has 1 aliphatic rings. The highest BCUT2D eigenvalue weighted by Gasteiger charge is 2.22. The molecule has 6 nitrogen and oxygen atoms in total. The number of sulfone groups is 1. The Morgan fingerprint density at radius 1 is 1.00 bits per heavy atom. The monoisotopic (exact) mass is 411 g/mol. The van der Waals surface area contributed by atoms with Gasteiger partial charge < -0.3 is 10.0 Å². The number of hydrogen-bond acceptors (Lipinski definition) is 6. The highest BCUT2D eigenvalue weighted by atomic mass is 32.2. The van der Waals surface area contributed by atoms with E-state index in [4.69, 9.17) is 0 Å². The standard InChI is InChI=1S/C22H25N3O3S/c1-24-10-12-25(13-11-24)15-17-14-18(20-8-5-9-23-21(20)22(17)26)16-29(27,28)19-6-3-2-4-7-19/h2-9,14,26H,10-13,15-16H2,1H3. The van der Waals surface area contributed by atoms with Crippen LogP contribution in [-0.2, 0) is 22.1 Å². The van der Waals surface area contributed by atoms with E-state index >= 15 is 0 Å². The Morgan fingerprint density at radius 2 is 1.72 bits per heavy atom. The maximum Gasteiger partial charge on any atom is 0.182 e. The molecular weight excluding hydrogens is 386 g/mol. The number of phenols is 1. The topological polar surface area (TPSA) is 73.7 Å². The van der Waals surface area contributed by atoms with Crippen LogP contribution in [0.5, 0.6) is 5.75 Å². The summed E-state index contributed by atoms with van der Waals surface area (Å²) in [5, 5.41) is 11.5. The van der Waals surface area contributed by atoms with Crippen LogP contribution in [0.3, 0.4) is 0 Å². The third-order valence-corrected chi connectivity index (χ3v) is 7.15. The molecule has 0 saturated carbocycles. The Bertz CT molecular complexity index is 1110. The van der Waals surface area contributed by atoms with Gasteiger partial charge in [0.1, 0.15) is 11.3 Å². The molecule has 0 amide bonds. The number of nitrogens with zero attached hydrogens (tertiary/aromatic N) is 3. The van der Waals surface area contributed by atoms with E-state index in [1.165, 1.54) is 0 Å². The van der Waals surface area contributed by atoms with Crippen LogP contribution >= 0.6 is 0 Å². The van der Waals surface area contributed by atoms with Crippen molar-refractivity contribution in [1.29, 1.82) is 0 Å². The highest BCUT2D eigenvalue weighted by Crippen LogP contribution is 2.33. The Morgan fingerprint density at radius 3 is 2.45 bits per heavy atom. The summed E-state index contributed by atoms with van der Waals surface area (Å²) in [6.07, 6.45) is 1.62. The van der Waals surface area contributed by atoms with E-state index in [9.17, 15) is 13.5 Å². The van der Waals surface area contributed by atoms with Crippen molar-refractivity contribution in [3.05, 3.63) is 65.9 Å². The maximum atomic E-state index is 13.0. The minimum absolute atomic E-state index is 0.130. The summed E-state index contributed by atoms with van der Waals surface area (Å²) in [5.74, 6) is 0.00951. The van der Waals surface area contributed by atoms with E-state index < -0.39 is 9.84 Å². The van der Waals surface area contributed by atoms with Crippen molar-refractivity contribution >= 4 is 20.7 Å². The normalized spacial score (nSPS) is 16.3. The molecule has 1 fully saturated rings. The number of likely N-dealkylation sites (N-methyl/N-ethyl adjacent to an activating group) is 1. The molecule has 3 aromatic rings. The Kier molecular flexibility index (Phi) is 5.54. The molecule has 1 aromatic heterocycles. The second-order valence-electron chi connectivity index (χ2n) is 7.59. The van der Waals surface area contributed by atoms with Crippen molar-refractivity contribution < 1.29 is 13.5 Å². The van der Waals surface area contributed by atoms with Crippen molar-refractivity contribution in [2.45, 2.75) is 17.2 Å². The number of aromatic hydroxyl groups is 1. The molecule has 152 valence electrons. The van der Waals surface area contributed by atoms with E-state index in [0.717, 1.165) is 31.7 Å². The van der Waals surface area contributed by atoms with E-state index in [1.54, 1.807) is 42.6 Å². The molecule has 0 unspecified atom stereocenters. The fourth-order valence-corrected chi connectivity index (χ4v) is 5.15. The first kappa shape index (κ1) is 19.8. The maximum absolute atomic E-state index is 13.0. The third-order valence-electron chi connectivity index (χ3n) is 5.47. The van der Waals surface area contributed by atoms with Crippen LogP contribution in [-0.4, -0.2) is 61.5 Å². The number of phenolic OH excluding ortho intramolecular Hbond substituents is 1. The number of hydrogen-bond donors (Lipinski definition) is 1. The van der Waals surface area contributed by atoms with Gasteiger partial charge in [-0.3, -0.25) is 9.88 Å². The van der Waals surface area contributed by atoms with E-state index in [1.807, 2.05) is 12.1 Å². The summed E-state index contributed by atoms with van der Waals surface area (Å²) in [4.78, 5) is 9.19. The van der Waals surface area contributed by atoms with Gasteiger partial charge >= 0.3 is 0 Å².